The molecule has 1 amide bonds. The predicted octanol–water partition coefficient (Wildman–Crippen LogP) is 3.38. The fourth-order valence-corrected chi connectivity index (χ4v) is 3.97. The van der Waals surface area contributed by atoms with Gasteiger partial charge in [-0.25, -0.2) is 0 Å². The van der Waals surface area contributed by atoms with E-state index in [4.69, 9.17) is 0 Å². The minimum atomic E-state index is 0.164. The SMILES string of the molecule is O=C(c1ccc2c(c1)CCCC2)N1CCC[C@@H](c2cnccn2)C1. The maximum Gasteiger partial charge on any atom is 0.253 e. The fraction of sp³-hybridized carbons (Fsp3) is 0.450. The Labute approximate surface area is 142 Å². The Morgan fingerprint density at radius 1 is 1.08 bits per heavy atom. The Morgan fingerprint density at radius 3 is 2.79 bits per heavy atom. The van der Waals surface area contributed by atoms with Crippen LogP contribution in [0.1, 0.15) is 58.8 Å². The van der Waals surface area contributed by atoms with Crippen molar-refractivity contribution in [3.05, 3.63) is 59.2 Å². The van der Waals surface area contributed by atoms with Crippen LogP contribution in [0.5, 0.6) is 0 Å². The topological polar surface area (TPSA) is 46.1 Å². The lowest BCUT2D eigenvalue weighted by molar-refractivity contribution is 0.0705. The highest BCUT2D eigenvalue weighted by Gasteiger charge is 2.26. The summed E-state index contributed by atoms with van der Waals surface area (Å²) in [4.78, 5) is 23.5. The number of fused-ring (bicyclic) bond motifs is 1. The van der Waals surface area contributed by atoms with Gasteiger partial charge in [0.1, 0.15) is 0 Å². The smallest absolute Gasteiger partial charge is 0.253 e. The minimum absolute atomic E-state index is 0.164. The van der Waals surface area contributed by atoms with E-state index in [1.165, 1.54) is 24.0 Å². The summed E-state index contributed by atoms with van der Waals surface area (Å²) >= 11 is 0. The van der Waals surface area contributed by atoms with Crippen LogP contribution in [0.15, 0.2) is 36.8 Å². The first kappa shape index (κ1) is 15.3. The maximum absolute atomic E-state index is 13.0. The maximum atomic E-state index is 13.0. The Balaban J connectivity index is 1.51. The molecule has 0 N–H and O–H groups in total. The van der Waals surface area contributed by atoms with E-state index in [0.29, 0.717) is 5.92 Å². The second-order valence-electron chi connectivity index (χ2n) is 6.91. The van der Waals surface area contributed by atoms with E-state index in [9.17, 15) is 4.79 Å². The molecule has 1 saturated heterocycles. The molecule has 124 valence electrons. The highest BCUT2D eigenvalue weighted by atomic mass is 16.2. The van der Waals surface area contributed by atoms with Crippen LogP contribution in [0.2, 0.25) is 0 Å². The lowest BCUT2D eigenvalue weighted by atomic mass is 9.90. The molecule has 1 aliphatic carbocycles. The van der Waals surface area contributed by atoms with Crippen molar-refractivity contribution >= 4 is 5.91 Å². The number of rotatable bonds is 2. The van der Waals surface area contributed by atoms with Gasteiger partial charge < -0.3 is 4.90 Å². The molecule has 1 atom stereocenters. The molecule has 1 fully saturated rings. The third kappa shape index (κ3) is 3.05. The second kappa shape index (κ2) is 6.71. The molecule has 24 heavy (non-hydrogen) atoms. The van der Waals surface area contributed by atoms with Crippen LogP contribution < -0.4 is 0 Å². The van der Waals surface area contributed by atoms with Gasteiger partial charge in [0.25, 0.3) is 5.91 Å². The minimum Gasteiger partial charge on any atom is -0.338 e. The van der Waals surface area contributed by atoms with Crippen LogP contribution in [0.25, 0.3) is 0 Å². The molecule has 2 aromatic rings. The van der Waals surface area contributed by atoms with Gasteiger partial charge in [-0.2, -0.15) is 0 Å². The monoisotopic (exact) mass is 321 g/mol. The van der Waals surface area contributed by atoms with Crippen molar-refractivity contribution in [2.45, 2.75) is 44.4 Å². The van der Waals surface area contributed by atoms with E-state index < -0.39 is 0 Å². The number of carbonyl (C=O) groups excluding carboxylic acids is 1. The molecule has 2 aliphatic rings. The molecule has 0 spiro atoms. The van der Waals surface area contributed by atoms with Gasteiger partial charge in [0, 0.05) is 43.2 Å². The number of benzene rings is 1. The third-order valence-electron chi connectivity index (χ3n) is 5.31. The average molecular weight is 321 g/mol. The summed E-state index contributed by atoms with van der Waals surface area (Å²) in [5, 5.41) is 0. The number of hydrogen-bond acceptors (Lipinski definition) is 3. The number of carbonyl (C=O) groups is 1. The molecule has 0 saturated carbocycles. The van der Waals surface area contributed by atoms with Crippen molar-refractivity contribution < 1.29 is 4.79 Å². The number of aryl methyl sites for hydroxylation is 2. The van der Waals surface area contributed by atoms with Gasteiger partial charge in [0.05, 0.1) is 5.69 Å². The van der Waals surface area contributed by atoms with Crippen LogP contribution in [-0.2, 0) is 12.8 Å². The van der Waals surface area contributed by atoms with Crippen LogP contribution in [0.4, 0.5) is 0 Å². The summed E-state index contributed by atoms with van der Waals surface area (Å²) in [5.41, 5.74) is 4.64. The Morgan fingerprint density at radius 2 is 1.96 bits per heavy atom. The van der Waals surface area contributed by atoms with Crippen LogP contribution in [0, 0.1) is 0 Å². The van der Waals surface area contributed by atoms with E-state index >= 15 is 0 Å². The van der Waals surface area contributed by atoms with Crippen molar-refractivity contribution in [3.8, 4) is 0 Å². The number of hydrogen-bond donors (Lipinski definition) is 0. The number of piperidine rings is 1. The van der Waals surface area contributed by atoms with Gasteiger partial charge in [-0.1, -0.05) is 6.07 Å². The standard InChI is InChI=1S/C20H23N3O/c24-20(17-8-7-15-4-1-2-5-16(15)12-17)23-11-3-6-18(14-23)19-13-21-9-10-22-19/h7-10,12-13,18H,1-6,11,14H2/t18-/m1/s1. The molecule has 4 nitrogen and oxygen atoms in total. The van der Waals surface area contributed by atoms with Crippen molar-refractivity contribution in [3.63, 3.8) is 0 Å². The predicted molar refractivity (Wildman–Crippen MR) is 93.0 cm³/mol. The highest BCUT2D eigenvalue weighted by molar-refractivity contribution is 5.94. The van der Waals surface area contributed by atoms with Gasteiger partial charge in [-0.05, 0) is 61.8 Å². The normalized spacial score (nSPS) is 20.5. The fourth-order valence-electron chi connectivity index (χ4n) is 3.97. The molecule has 4 heteroatoms. The molecule has 0 unspecified atom stereocenters. The van der Waals surface area contributed by atoms with Crippen LogP contribution in [-0.4, -0.2) is 33.9 Å². The molecule has 2 heterocycles. The van der Waals surface area contributed by atoms with Crippen molar-refractivity contribution in [1.29, 1.82) is 0 Å². The number of likely N-dealkylation sites (tertiary alicyclic amines) is 1. The molecule has 1 aromatic heterocycles. The third-order valence-corrected chi connectivity index (χ3v) is 5.31. The van der Waals surface area contributed by atoms with E-state index in [0.717, 1.165) is 50.0 Å². The summed E-state index contributed by atoms with van der Waals surface area (Å²) in [5.74, 6) is 0.464. The summed E-state index contributed by atoms with van der Waals surface area (Å²) in [6, 6.07) is 6.30. The summed E-state index contributed by atoms with van der Waals surface area (Å²) < 4.78 is 0. The largest absolute Gasteiger partial charge is 0.338 e. The van der Waals surface area contributed by atoms with Gasteiger partial charge in [-0.3, -0.25) is 14.8 Å². The van der Waals surface area contributed by atoms with Crippen molar-refractivity contribution in [2.75, 3.05) is 13.1 Å². The Kier molecular flexibility index (Phi) is 4.28. The lowest BCUT2D eigenvalue weighted by Gasteiger charge is -2.32. The first-order valence-corrected chi connectivity index (χ1v) is 8.98. The molecular formula is C20H23N3O. The number of aromatic nitrogens is 2. The van der Waals surface area contributed by atoms with E-state index in [1.807, 2.05) is 17.2 Å². The second-order valence-corrected chi connectivity index (χ2v) is 6.91. The summed E-state index contributed by atoms with van der Waals surface area (Å²) in [7, 11) is 0. The first-order chi connectivity index (χ1) is 11.8. The van der Waals surface area contributed by atoms with Crippen LogP contribution >= 0.6 is 0 Å². The Bertz CT molecular complexity index is 729. The summed E-state index contributed by atoms with van der Waals surface area (Å²) in [6.07, 6.45) is 12.1. The van der Waals surface area contributed by atoms with Crippen LogP contribution in [0.3, 0.4) is 0 Å². The average Bonchev–Trinajstić information content (AvgIpc) is 2.68. The lowest BCUT2D eigenvalue weighted by Crippen LogP contribution is -2.39. The summed E-state index contributed by atoms with van der Waals surface area (Å²) in [6.45, 7) is 1.58. The first-order valence-electron chi connectivity index (χ1n) is 8.98. The molecule has 0 bridgehead atoms. The van der Waals surface area contributed by atoms with Crippen molar-refractivity contribution in [2.24, 2.45) is 0 Å². The Hall–Kier alpha value is -2.23. The van der Waals surface area contributed by atoms with Gasteiger partial charge in [0.2, 0.25) is 0 Å². The quantitative estimate of drug-likeness (QED) is 0.852. The van der Waals surface area contributed by atoms with E-state index in [2.05, 4.69) is 22.1 Å². The highest BCUT2D eigenvalue weighted by Crippen LogP contribution is 2.27. The molecule has 1 aliphatic heterocycles. The van der Waals surface area contributed by atoms with Gasteiger partial charge in [-0.15, -0.1) is 0 Å². The van der Waals surface area contributed by atoms with E-state index in [-0.39, 0.29) is 5.91 Å². The zero-order valence-electron chi connectivity index (χ0n) is 13.9. The van der Waals surface area contributed by atoms with Gasteiger partial charge in [0.15, 0.2) is 0 Å². The van der Waals surface area contributed by atoms with Crippen molar-refractivity contribution in [1.82, 2.24) is 14.9 Å². The zero-order valence-corrected chi connectivity index (χ0v) is 13.9. The van der Waals surface area contributed by atoms with E-state index in [1.54, 1.807) is 12.4 Å². The number of nitrogens with zero attached hydrogens (tertiary/aromatic N) is 3. The number of amides is 1. The van der Waals surface area contributed by atoms with Gasteiger partial charge >= 0.3 is 0 Å². The molecule has 1 aromatic carbocycles. The molecule has 4 rings (SSSR count). The zero-order chi connectivity index (χ0) is 16.4. The molecule has 0 radical (unpaired) electrons. The molecular weight excluding hydrogens is 298 g/mol.